The van der Waals surface area contributed by atoms with Gasteiger partial charge in [0.2, 0.25) is 5.91 Å². The van der Waals surface area contributed by atoms with Gasteiger partial charge >= 0.3 is 0 Å². The van der Waals surface area contributed by atoms with Crippen molar-refractivity contribution in [2.45, 2.75) is 23.6 Å². The van der Waals surface area contributed by atoms with Crippen LogP contribution in [0.25, 0.3) is 0 Å². The van der Waals surface area contributed by atoms with E-state index in [0.717, 1.165) is 9.77 Å². The molecule has 0 radical (unpaired) electrons. The summed E-state index contributed by atoms with van der Waals surface area (Å²) in [6, 6.07) is 9.29. The predicted octanol–water partition coefficient (Wildman–Crippen LogP) is 4.85. The van der Waals surface area contributed by atoms with Crippen LogP contribution in [0.5, 0.6) is 0 Å². The van der Waals surface area contributed by atoms with Crippen molar-refractivity contribution < 1.29 is 4.79 Å². The summed E-state index contributed by atoms with van der Waals surface area (Å²) < 4.78 is 0. The van der Waals surface area contributed by atoms with Crippen molar-refractivity contribution in [2.75, 3.05) is 0 Å². The van der Waals surface area contributed by atoms with Gasteiger partial charge in [-0.1, -0.05) is 35.3 Å². The van der Waals surface area contributed by atoms with Crippen molar-refractivity contribution in [3.63, 3.8) is 0 Å². The number of thioether (sulfide) groups is 1. The van der Waals surface area contributed by atoms with E-state index in [1.54, 1.807) is 29.5 Å². The first-order valence-electron chi connectivity index (χ1n) is 5.98. The number of rotatable bonds is 5. The Bertz CT molecular complexity index is 567. The summed E-state index contributed by atoms with van der Waals surface area (Å²) >= 11 is 15.2. The summed E-state index contributed by atoms with van der Waals surface area (Å²) in [4.78, 5) is 13.9. The summed E-state index contributed by atoms with van der Waals surface area (Å²) in [5, 5.41) is 5.78. The zero-order chi connectivity index (χ0) is 14.5. The third kappa shape index (κ3) is 4.16. The molecule has 0 saturated heterocycles. The molecule has 0 aliphatic heterocycles. The Kier molecular flexibility index (Phi) is 5.78. The van der Waals surface area contributed by atoms with Crippen molar-refractivity contribution in [1.29, 1.82) is 0 Å². The number of hydrogen-bond acceptors (Lipinski definition) is 3. The molecule has 1 amide bonds. The van der Waals surface area contributed by atoms with Gasteiger partial charge in [0.25, 0.3) is 0 Å². The molecule has 0 unspecified atom stereocenters. The van der Waals surface area contributed by atoms with Crippen molar-refractivity contribution >= 4 is 52.2 Å². The average Bonchev–Trinajstić information content (AvgIpc) is 2.93. The largest absolute Gasteiger partial charge is 0.350 e. The molecular formula is C14H13Cl2NOS2. The molecule has 0 saturated carbocycles. The fourth-order valence-corrected chi connectivity index (χ4v) is 3.77. The highest BCUT2D eigenvalue weighted by atomic mass is 35.5. The van der Waals surface area contributed by atoms with Gasteiger partial charge in [-0.2, -0.15) is 0 Å². The van der Waals surface area contributed by atoms with E-state index in [9.17, 15) is 4.79 Å². The maximum Gasteiger partial charge on any atom is 0.233 e. The van der Waals surface area contributed by atoms with Gasteiger partial charge in [0, 0.05) is 9.77 Å². The SMILES string of the molecule is C[C@H](Sc1c(Cl)cccc1Cl)C(=O)NCc1cccs1. The lowest BCUT2D eigenvalue weighted by atomic mass is 10.4. The van der Waals surface area contributed by atoms with E-state index in [1.807, 2.05) is 24.4 Å². The van der Waals surface area contributed by atoms with E-state index in [0.29, 0.717) is 16.6 Å². The van der Waals surface area contributed by atoms with Crippen molar-refractivity contribution in [3.05, 3.63) is 50.6 Å². The molecule has 6 heteroatoms. The number of hydrogen-bond donors (Lipinski definition) is 1. The molecule has 0 fully saturated rings. The minimum absolute atomic E-state index is 0.0283. The Morgan fingerprint density at radius 2 is 2.00 bits per heavy atom. The molecule has 1 N–H and O–H groups in total. The molecule has 2 rings (SSSR count). The van der Waals surface area contributed by atoms with Crippen LogP contribution in [-0.2, 0) is 11.3 Å². The Morgan fingerprint density at radius 1 is 1.30 bits per heavy atom. The first-order valence-corrected chi connectivity index (χ1v) is 8.50. The number of benzene rings is 1. The summed E-state index contributed by atoms with van der Waals surface area (Å²) in [5.41, 5.74) is 0. The second kappa shape index (κ2) is 7.36. The molecule has 0 bridgehead atoms. The molecule has 0 aliphatic rings. The summed E-state index contributed by atoms with van der Waals surface area (Å²) in [5.74, 6) is -0.0283. The van der Waals surface area contributed by atoms with Crippen LogP contribution in [0.1, 0.15) is 11.8 Å². The minimum atomic E-state index is -0.257. The summed E-state index contributed by atoms with van der Waals surface area (Å²) in [6.45, 7) is 2.39. The molecular weight excluding hydrogens is 333 g/mol. The van der Waals surface area contributed by atoms with E-state index < -0.39 is 0 Å². The third-order valence-corrected chi connectivity index (χ3v) is 5.57. The quantitative estimate of drug-likeness (QED) is 0.784. The van der Waals surface area contributed by atoms with Gasteiger partial charge < -0.3 is 5.32 Å². The molecule has 20 heavy (non-hydrogen) atoms. The number of amides is 1. The fraction of sp³-hybridized carbons (Fsp3) is 0.214. The van der Waals surface area contributed by atoms with Gasteiger partial charge in [-0.05, 0) is 30.5 Å². The standard InChI is InChI=1S/C14H13Cl2NOS2/c1-9(14(18)17-8-10-4-3-7-19-10)20-13-11(15)5-2-6-12(13)16/h2-7,9H,8H2,1H3,(H,17,18)/t9-/m0/s1. The second-order valence-electron chi connectivity index (χ2n) is 4.11. The molecule has 2 aromatic rings. The Balaban J connectivity index is 1.94. The summed E-state index contributed by atoms with van der Waals surface area (Å²) in [6.07, 6.45) is 0. The number of carbonyl (C=O) groups is 1. The molecule has 0 aliphatic carbocycles. The van der Waals surface area contributed by atoms with E-state index in [2.05, 4.69) is 5.32 Å². The smallest absolute Gasteiger partial charge is 0.233 e. The normalized spacial score (nSPS) is 12.2. The van der Waals surface area contributed by atoms with E-state index >= 15 is 0 Å². The van der Waals surface area contributed by atoms with Crippen LogP contribution in [0.2, 0.25) is 10.0 Å². The second-order valence-corrected chi connectivity index (χ2v) is 7.31. The lowest BCUT2D eigenvalue weighted by molar-refractivity contribution is -0.120. The van der Waals surface area contributed by atoms with Gasteiger partial charge in [-0.25, -0.2) is 0 Å². The highest BCUT2D eigenvalue weighted by molar-refractivity contribution is 8.00. The molecule has 1 heterocycles. The van der Waals surface area contributed by atoms with Gasteiger partial charge in [0.1, 0.15) is 0 Å². The lowest BCUT2D eigenvalue weighted by Crippen LogP contribution is -2.30. The van der Waals surface area contributed by atoms with Crippen LogP contribution >= 0.6 is 46.3 Å². The van der Waals surface area contributed by atoms with Gasteiger partial charge in [0.05, 0.1) is 21.8 Å². The molecule has 1 atom stereocenters. The van der Waals surface area contributed by atoms with E-state index in [1.165, 1.54) is 11.8 Å². The molecule has 0 spiro atoms. The predicted molar refractivity (Wildman–Crippen MR) is 87.9 cm³/mol. The Labute approximate surface area is 136 Å². The molecule has 1 aromatic heterocycles. The summed E-state index contributed by atoms with van der Waals surface area (Å²) in [7, 11) is 0. The van der Waals surface area contributed by atoms with Crippen molar-refractivity contribution in [3.8, 4) is 0 Å². The van der Waals surface area contributed by atoms with Crippen molar-refractivity contribution in [2.24, 2.45) is 0 Å². The molecule has 1 aromatic carbocycles. The van der Waals surface area contributed by atoms with Crippen LogP contribution in [0.15, 0.2) is 40.6 Å². The zero-order valence-electron chi connectivity index (χ0n) is 10.7. The average molecular weight is 346 g/mol. The highest BCUT2D eigenvalue weighted by Gasteiger charge is 2.17. The first-order chi connectivity index (χ1) is 9.58. The van der Waals surface area contributed by atoms with Crippen molar-refractivity contribution in [1.82, 2.24) is 5.32 Å². The lowest BCUT2D eigenvalue weighted by Gasteiger charge is -2.13. The number of nitrogens with one attached hydrogen (secondary N) is 1. The maximum absolute atomic E-state index is 12.1. The Morgan fingerprint density at radius 3 is 2.60 bits per heavy atom. The highest BCUT2D eigenvalue weighted by Crippen LogP contribution is 2.36. The zero-order valence-corrected chi connectivity index (χ0v) is 13.9. The van der Waals surface area contributed by atoms with E-state index in [4.69, 9.17) is 23.2 Å². The number of carbonyl (C=O) groups excluding carboxylic acids is 1. The maximum atomic E-state index is 12.1. The van der Waals surface area contributed by atoms with Crippen LogP contribution in [-0.4, -0.2) is 11.2 Å². The van der Waals surface area contributed by atoms with Crippen LogP contribution in [0.4, 0.5) is 0 Å². The molecule has 2 nitrogen and oxygen atoms in total. The third-order valence-electron chi connectivity index (χ3n) is 2.60. The van der Waals surface area contributed by atoms with E-state index in [-0.39, 0.29) is 11.2 Å². The molecule has 106 valence electrons. The van der Waals surface area contributed by atoms with Gasteiger partial charge in [-0.3, -0.25) is 4.79 Å². The van der Waals surface area contributed by atoms with Gasteiger partial charge in [-0.15, -0.1) is 23.1 Å². The Hall–Kier alpha value is -0.680. The first kappa shape index (κ1) is 15.7. The number of thiophene rings is 1. The van der Waals surface area contributed by atoms with Crippen LogP contribution in [0.3, 0.4) is 0 Å². The van der Waals surface area contributed by atoms with Crippen LogP contribution in [0, 0.1) is 0 Å². The van der Waals surface area contributed by atoms with Gasteiger partial charge in [0.15, 0.2) is 0 Å². The topological polar surface area (TPSA) is 29.1 Å². The monoisotopic (exact) mass is 345 g/mol. The van der Waals surface area contributed by atoms with Crippen LogP contribution < -0.4 is 5.32 Å². The minimum Gasteiger partial charge on any atom is -0.350 e. The number of halogens is 2. The fourth-order valence-electron chi connectivity index (χ4n) is 1.56.